The molecule has 3 nitrogen and oxygen atoms in total. The van der Waals surface area contributed by atoms with Gasteiger partial charge in [0.1, 0.15) is 11.4 Å². The molecule has 1 atom stereocenters. The lowest BCUT2D eigenvalue weighted by Gasteiger charge is -2.21. The minimum absolute atomic E-state index is 0.00666. The summed E-state index contributed by atoms with van der Waals surface area (Å²) in [6.45, 7) is 8.03. The average Bonchev–Trinajstić information content (AvgIpc) is 2.48. The first-order chi connectivity index (χ1) is 10.8. The molecule has 0 aliphatic heterocycles. The van der Waals surface area contributed by atoms with Crippen LogP contribution in [0.4, 0.5) is 0 Å². The molecule has 0 heterocycles. The van der Waals surface area contributed by atoms with Crippen LogP contribution in [0.25, 0.3) is 0 Å². The van der Waals surface area contributed by atoms with E-state index in [1.54, 1.807) is 0 Å². The standard InChI is InChI=1S/C20H25NO2/c1-15(17-8-6-5-7-9-17)21-19(22)14-16-10-12-18(13-11-16)23-20(2,3)4/h5-13,15H,14H2,1-4H3,(H,21,22). The van der Waals surface area contributed by atoms with E-state index in [0.717, 1.165) is 16.9 Å². The molecule has 23 heavy (non-hydrogen) atoms. The van der Waals surface area contributed by atoms with E-state index in [2.05, 4.69) is 5.32 Å². The fraction of sp³-hybridized carbons (Fsp3) is 0.350. The van der Waals surface area contributed by atoms with Gasteiger partial charge in [0, 0.05) is 0 Å². The summed E-state index contributed by atoms with van der Waals surface area (Å²) < 4.78 is 5.78. The maximum atomic E-state index is 12.2. The summed E-state index contributed by atoms with van der Waals surface area (Å²) in [5.41, 5.74) is 1.86. The third-order valence-electron chi connectivity index (χ3n) is 3.39. The summed E-state index contributed by atoms with van der Waals surface area (Å²) >= 11 is 0. The third-order valence-corrected chi connectivity index (χ3v) is 3.39. The molecule has 0 fully saturated rings. The van der Waals surface area contributed by atoms with Crippen LogP contribution >= 0.6 is 0 Å². The Labute approximate surface area is 138 Å². The maximum Gasteiger partial charge on any atom is 0.224 e. The molecule has 1 amide bonds. The first-order valence-electron chi connectivity index (χ1n) is 7.96. The largest absolute Gasteiger partial charge is 0.488 e. The molecule has 2 aromatic carbocycles. The Bertz CT molecular complexity index is 627. The smallest absolute Gasteiger partial charge is 0.224 e. The number of rotatable bonds is 5. The molecule has 122 valence electrons. The van der Waals surface area contributed by atoms with Crippen molar-refractivity contribution in [3.63, 3.8) is 0 Å². The van der Waals surface area contributed by atoms with Gasteiger partial charge in [-0.2, -0.15) is 0 Å². The van der Waals surface area contributed by atoms with Gasteiger partial charge in [0.05, 0.1) is 12.5 Å². The molecule has 0 aromatic heterocycles. The summed E-state index contributed by atoms with van der Waals surface area (Å²) in [7, 11) is 0. The van der Waals surface area contributed by atoms with E-state index in [1.165, 1.54) is 0 Å². The zero-order chi connectivity index (χ0) is 16.9. The van der Waals surface area contributed by atoms with E-state index in [-0.39, 0.29) is 17.6 Å². The number of benzene rings is 2. The van der Waals surface area contributed by atoms with Crippen LogP contribution in [0.2, 0.25) is 0 Å². The fourth-order valence-electron chi connectivity index (χ4n) is 2.33. The van der Waals surface area contributed by atoms with Crippen molar-refractivity contribution in [2.24, 2.45) is 0 Å². The summed E-state index contributed by atoms with van der Waals surface area (Å²) in [6.07, 6.45) is 0.368. The Hall–Kier alpha value is -2.29. The van der Waals surface area contributed by atoms with Gasteiger partial charge in [-0.15, -0.1) is 0 Å². The normalized spacial score (nSPS) is 12.5. The Morgan fingerprint density at radius 1 is 1.04 bits per heavy atom. The lowest BCUT2D eigenvalue weighted by Crippen LogP contribution is -2.28. The number of nitrogens with one attached hydrogen (secondary N) is 1. The molecule has 2 rings (SSSR count). The highest BCUT2D eigenvalue weighted by atomic mass is 16.5. The van der Waals surface area contributed by atoms with Gasteiger partial charge in [0.25, 0.3) is 0 Å². The molecule has 1 N–H and O–H groups in total. The van der Waals surface area contributed by atoms with Crippen LogP contribution in [-0.4, -0.2) is 11.5 Å². The van der Waals surface area contributed by atoms with E-state index < -0.39 is 0 Å². The molecular formula is C20H25NO2. The molecule has 0 aliphatic carbocycles. The second kappa shape index (κ2) is 7.32. The number of amides is 1. The fourth-order valence-corrected chi connectivity index (χ4v) is 2.33. The van der Waals surface area contributed by atoms with Crippen molar-refractivity contribution in [2.45, 2.75) is 45.8 Å². The van der Waals surface area contributed by atoms with Gasteiger partial charge in [-0.25, -0.2) is 0 Å². The number of carbonyl (C=O) groups is 1. The Morgan fingerprint density at radius 3 is 2.22 bits per heavy atom. The highest BCUT2D eigenvalue weighted by Crippen LogP contribution is 2.19. The molecule has 0 bridgehead atoms. The number of ether oxygens (including phenoxy) is 1. The zero-order valence-corrected chi connectivity index (χ0v) is 14.3. The highest BCUT2D eigenvalue weighted by Gasteiger charge is 2.12. The zero-order valence-electron chi connectivity index (χ0n) is 14.3. The predicted octanol–water partition coefficient (Wildman–Crippen LogP) is 4.28. The van der Waals surface area contributed by atoms with Gasteiger partial charge in [0.2, 0.25) is 5.91 Å². The Kier molecular flexibility index (Phi) is 5.43. The number of hydrogen-bond donors (Lipinski definition) is 1. The van der Waals surface area contributed by atoms with Crippen LogP contribution in [0.5, 0.6) is 5.75 Å². The minimum Gasteiger partial charge on any atom is -0.488 e. The Morgan fingerprint density at radius 2 is 1.65 bits per heavy atom. The van der Waals surface area contributed by atoms with Gasteiger partial charge >= 0.3 is 0 Å². The van der Waals surface area contributed by atoms with Crippen molar-refractivity contribution in [1.82, 2.24) is 5.32 Å². The van der Waals surface area contributed by atoms with E-state index >= 15 is 0 Å². The first-order valence-corrected chi connectivity index (χ1v) is 7.96. The van der Waals surface area contributed by atoms with Crippen LogP contribution in [-0.2, 0) is 11.2 Å². The van der Waals surface area contributed by atoms with Crippen LogP contribution < -0.4 is 10.1 Å². The average molecular weight is 311 g/mol. The molecule has 0 saturated heterocycles. The molecule has 0 aliphatic rings. The SMILES string of the molecule is CC(NC(=O)Cc1ccc(OC(C)(C)C)cc1)c1ccccc1. The van der Waals surface area contributed by atoms with E-state index in [1.807, 2.05) is 82.3 Å². The predicted molar refractivity (Wildman–Crippen MR) is 93.5 cm³/mol. The highest BCUT2D eigenvalue weighted by molar-refractivity contribution is 5.79. The summed E-state index contributed by atoms with van der Waals surface area (Å²) in [4.78, 5) is 12.2. The minimum atomic E-state index is -0.218. The van der Waals surface area contributed by atoms with Crippen molar-refractivity contribution in [3.05, 3.63) is 65.7 Å². The van der Waals surface area contributed by atoms with Gasteiger partial charge < -0.3 is 10.1 Å². The van der Waals surface area contributed by atoms with E-state index in [4.69, 9.17) is 4.74 Å². The molecule has 0 radical (unpaired) electrons. The van der Waals surface area contributed by atoms with Crippen LogP contribution in [0.1, 0.15) is 44.9 Å². The molecule has 0 saturated carbocycles. The molecule has 0 spiro atoms. The van der Waals surface area contributed by atoms with Crippen molar-refractivity contribution < 1.29 is 9.53 Å². The summed E-state index contributed by atoms with van der Waals surface area (Å²) in [5, 5.41) is 3.03. The Balaban J connectivity index is 1.90. The second-order valence-electron chi connectivity index (χ2n) is 6.74. The second-order valence-corrected chi connectivity index (χ2v) is 6.74. The quantitative estimate of drug-likeness (QED) is 0.895. The number of hydrogen-bond acceptors (Lipinski definition) is 2. The van der Waals surface area contributed by atoms with Crippen molar-refractivity contribution in [1.29, 1.82) is 0 Å². The third kappa shape index (κ3) is 5.78. The van der Waals surface area contributed by atoms with E-state index in [0.29, 0.717) is 6.42 Å². The lowest BCUT2D eigenvalue weighted by molar-refractivity contribution is -0.121. The van der Waals surface area contributed by atoms with Crippen LogP contribution in [0, 0.1) is 0 Å². The van der Waals surface area contributed by atoms with E-state index in [9.17, 15) is 4.79 Å². The van der Waals surface area contributed by atoms with Crippen LogP contribution in [0.15, 0.2) is 54.6 Å². The molecule has 1 unspecified atom stereocenters. The van der Waals surface area contributed by atoms with Gasteiger partial charge in [-0.05, 0) is 51.0 Å². The summed E-state index contributed by atoms with van der Waals surface area (Å²) in [5.74, 6) is 0.838. The maximum absolute atomic E-state index is 12.2. The topological polar surface area (TPSA) is 38.3 Å². The monoisotopic (exact) mass is 311 g/mol. The first kappa shape index (κ1) is 17.1. The van der Waals surface area contributed by atoms with Crippen molar-refractivity contribution in [2.75, 3.05) is 0 Å². The molecule has 3 heteroatoms. The number of carbonyl (C=O) groups excluding carboxylic acids is 1. The van der Waals surface area contributed by atoms with Crippen molar-refractivity contribution >= 4 is 5.91 Å². The molecule has 2 aromatic rings. The lowest BCUT2D eigenvalue weighted by atomic mass is 10.1. The van der Waals surface area contributed by atoms with Crippen molar-refractivity contribution in [3.8, 4) is 5.75 Å². The van der Waals surface area contributed by atoms with Gasteiger partial charge in [-0.3, -0.25) is 4.79 Å². The van der Waals surface area contributed by atoms with Gasteiger partial charge in [-0.1, -0.05) is 42.5 Å². The summed E-state index contributed by atoms with van der Waals surface area (Å²) in [6, 6.07) is 17.7. The van der Waals surface area contributed by atoms with Gasteiger partial charge in [0.15, 0.2) is 0 Å². The van der Waals surface area contributed by atoms with Crippen LogP contribution in [0.3, 0.4) is 0 Å². The molecular weight excluding hydrogens is 286 g/mol.